The van der Waals surface area contributed by atoms with E-state index in [1.807, 2.05) is 17.3 Å². The van der Waals surface area contributed by atoms with E-state index in [2.05, 4.69) is 70.4 Å². The monoisotopic (exact) mass is 469 g/mol. The van der Waals surface area contributed by atoms with Crippen LogP contribution in [0, 0.1) is 13.8 Å². The molecule has 5 rings (SSSR count). The predicted molar refractivity (Wildman–Crippen MR) is 137 cm³/mol. The van der Waals surface area contributed by atoms with Crippen molar-refractivity contribution in [2.24, 2.45) is 0 Å². The molecule has 3 aromatic heterocycles. The number of carbonyl (C=O) groups is 1. The van der Waals surface area contributed by atoms with Gasteiger partial charge in [0.25, 0.3) is 0 Å². The molecular weight excluding hydrogens is 438 g/mol. The Balaban J connectivity index is 1.34. The number of imidazole rings is 1. The van der Waals surface area contributed by atoms with Crippen molar-refractivity contribution in [2.75, 3.05) is 18.4 Å². The van der Waals surface area contributed by atoms with E-state index < -0.39 is 0 Å². The Kier molecular flexibility index (Phi) is 6.72. The standard InChI is InChI=1S/C27H31N7O/c1-19-15-20(2)24(31-16-19)17-34(18-25-23-6-4-3-5-21(23)7-10-28-25)22-8-13-33(14-9-22)27(35)32-26-29-11-12-30-26/h3-7,10-12,15-16,22H,8-9,13-14,17-18H2,1-2H3,(H2,29,30,32,35). The van der Waals surface area contributed by atoms with Crippen LogP contribution in [0.25, 0.3) is 10.8 Å². The van der Waals surface area contributed by atoms with Crippen LogP contribution in [0.1, 0.15) is 35.4 Å². The van der Waals surface area contributed by atoms with Crippen LogP contribution in [0.3, 0.4) is 0 Å². The van der Waals surface area contributed by atoms with Crippen molar-refractivity contribution in [3.05, 3.63) is 83.7 Å². The third-order valence-corrected chi connectivity index (χ3v) is 6.78. The summed E-state index contributed by atoms with van der Waals surface area (Å²) in [7, 11) is 0. The van der Waals surface area contributed by atoms with Gasteiger partial charge in [-0.2, -0.15) is 0 Å². The fourth-order valence-electron chi connectivity index (χ4n) is 4.86. The van der Waals surface area contributed by atoms with Crippen LogP contribution in [0.4, 0.5) is 10.7 Å². The highest BCUT2D eigenvalue weighted by Crippen LogP contribution is 2.25. The number of anilines is 1. The number of hydrogen-bond donors (Lipinski definition) is 2. The highest BCUT2D eigenvalue weighted by atomic mass is 16.2. The molecule has 2 amide bonds. The minimum Gasteiger partial charge on any atom is -0.331 e. The fraction of sp³-hybridized carbons (Fsp3) is 0.333. The lowest BCUT2D eigenvalue weighted by Gasteiger charge is -2.38. The highest BCUT2D eigenvalue weighted by molar-refractivity contribution is 5.87. The quantitative estimate of drug-likeness (QED) is 0.428. The number of benzene rings is 1. The average Bonchev–Trinajstić information content (AvgIpc) is 3.38. The van der Waals surface area contributed by atoms with E-state index in [9.17, 15) is 4.79 Å². The summed E-state index contributed by atoms with van der Waals surface area (Å²) in [6.45, 7) is 7.07. The van der Waals surface area contributed by atoms with E-state index in [0.717, 1.165) is 37.3 Å². The maximum Gasteiger partial charge on any atom is 0.324 e. The third-order valence-electron chi connectivity index (χ3n) is 6.78. The third kappa shape index (κ3) is 5.33. The predicted octanol–water partition coefficient (Wildman–Crippen LogP) is 4.67. The van der Waals surface area contributed by atoms with Crippen molar-refractivity contribution in [1.82, 2.24) is 29.7 Å². The summed E-state index contributed by atoms with van der Waals surface area (Å²) < 4.78 is 0. The maximum atomic E-state index is 12.7. The molecule has 1 saturated heterocycles. The number of H-pyrrole nitrogens is 1. The molecule has 0 aliphatic carbocycles. The number of aromatic amines is 1. The van der Waals surface area contributed by atoms with Gasteiger partial charge in [0, 0.05) is 62.4 Å². The highest BCUT2D eigenvalue weighted by Gasteiger charge is 2.28. The molecule has 1 aliphatic rings. The number of likely N-dealkylation sites (tertiary alicyclic amines) is 1. The molecule has 0 atom stereocenters. The fourth-order valence-corrected chi connectivity index (χ4v) is 4.86. The van der Waals surface area contributed by atoms with Gasteiger partial charge in [-0.05, 0) is 49.3 Å². The zero-order chi connectivity index (χ0) is 24.2. The van der Waals surface area contributed by atoms with E-state index in [1.165, 1.54) is 21.9 Å². The van der Waals surface area contributed by atoms with Gasteiger partial charge in [-0.15, -0.1) is 0 Å². The molecule has 1 fully saturated rings. The summed E-state index contributed by atoms with van der Waals surface area (Å²) in [5, 5.41) is 5.22. The molecule has 8 nitrogen and oxygen atoms in total. The number of nitrogens with zero attached hydrogens (tertiary/aromatic N) is 5. The summed E-state index contributed by atoms with van der Waals surface area (Å²) in [5.74, 6) is 0.474. The van der Waals surface area contributed by atoms with Gasteiger partial charge in [0.15, 0.2) is 0 Å². The SMILES string of the molecule is Cc1cnc(CN(Cc2nccc3ccccc23)C2CCN(C(=O)Nc3ncc[nH]3)CC2)c(C)c1. The first-order valence-corrected chi connectivity index (χ1v) is 12.1. The Morgan fingerprint density at radius 1 is 1.06 bits per heavy atom. The van der Waals surface area contributed by atoms with Gasteiger partial charge in [-0.25, -0.2) is 9.78 Å². The number of rotatable bonds is 6. The lowest BCUT2D eigenvalue weighted by atomic mass is 10.0. The van der Waals surface area contributed by atoms with E-state index in [-0.39, 0.29) is 6.03 Å². The summed E-state index contributed by atoms with van der Waals surface area (Å²) >= 11 is 0. The van der Waals surface area contributed by atoms with Gasteiger partial charge in [0.2, 0.25) is 5.95 Å². The van der Waals surface area contributed by atoms with Crippen molar-refractivity contribution in [3.63, 3.8) is 0 Å². The molecule has 1 aromatic carbocycles. The number of amides is 2. The average molecular weight is 470 g/mol. The minimum atomic E-state index is -0.114. The zero-order valence-corrected chi connectivity index (χ0v) is 20.2. The number of nitrogens with one attached hydrogen (secondary N) is 2. The Morgan fingerprint density at radius 3 is 2.63 bits per heavy atom. The molecule has 4 aromatic rings. The summed E-state index contributed by atoms with van der Waals surface area (Å²) in [4.78, 5) is 33.5. The van der Waals surface area contributed by atoms with Crippen LogP contribution in [0.2, 0.25) is 0 Å². The molecule has 1 aliphatic heterocycles. The summed E-state index contributed by atoms with van der Waals surface area (Å²) in [6, 6.07) is 12.9. The Hall–Kier alpha value is -3.78. The van der Waals surface area contributed by atoms with Crippen molar-refractivity contribution < 1.29 is 4.79 Å². The van der Waals surface area contributed by atoms with Crippen molar-refractivity contribution >= 4 is 22.8 Å². The Morgan fingerprint density at radius 2 is 1.86 bits per heavy atom. The number of urea groups is 1. The van der Waals surface area contributed by atoms with E-state index in [4.69, 9.17) is 9.97 Å². The molecule has 0 saturated carbocycles. The van der Waals surface area contributed by atoms with E-state index in [1.54, 1.807) is 12.4 Å². The van der Waals surface area contributed by atoms with Gasteiger partial charge in [0.05, 0.1) is 11.4 Å². The molecule has 0 bridgehead atoms. The van der Waals surface area contributed by atoms with Crippen molar-refractivity contribution in [3.8, 4) is 0 Å². The van der Waals surface area contributed by atoms with Gasteiger partial charge < -0.3 is 9.88 Å². The van der Waals surface area contributed by atoms with Crippen LogP contribution >= 0.6 is 0 Å². The minimum absolute atomic E-state index is 0.114. The first-order valence-electron chi connectivity index (χ1n) is 12.1. The molecule has 0 spiro atoms. The molecule has 8 heteroatoms. The summed E-state index contributed by atoms with van der Waals surface area (Å²) in [6.07, 6.45) is 8.94. The first kappa shape index (κ1) is 23.0. The number of piperidine rings is 1. The Bertz CT molecular complexity index is 1290. The van der Waals surface area contributed by atoms with E-state index >= 15 is 0 Å². The first-order chi connectivity index (χ1) is 17.1. The molecule has 35 heavy (non-hydrogen) atoms. The molecule has 0 unspecified atom stereocenters. The topological polar surface area (TPSA) is 90.0 Å². The van der Waals surface area contributed by atoms with E-state index in [0.29, 0.717) is 25.1 Å². The van der Waals surface area contributed by atoms with Crippen LogP contribution < -0.4 is 5.32 Å². The van der Waals surface area contributed by atoms with Gasteiger partial charge in [-0.3, -0.25) is 20.2 Å². The second kappa shape index (κ2) is 10.2. The normalized spacial score (nSPS) is 14.5. The smallest absolute Gasteiger partial charge is 0.324 e. The number of carbonyl (C=O) groups excluding carboxylic acids is 1. The van der Waals surface area contributed by atoms with Gasteiger partial charge in [-0.1, -0.05) is 30.3 Å². The number of aromatic nitrogens is 4. The summed E-state index contributed by atoms with van der Waals surface area (Å²) in [5.41, 5.74) is 4.54. The van der Waals surface area contributed by atoms with Gasteiger partial charge >= 0.3 is 6.03 Å². The number of fused-ring (bicyclic) bond motifs is 1. The molecular formula is C27H31N7O. The zero-order valence-electron chi connectivity index (χ0n) is 20.2. The van der Waals surface area contributed by atoms with Crippen LogP contribution in [-0.2, 0) is 13.1 Å². The van der Waals surface area contributed by atoms with Gasteiger partial charge in [0.1, 0.15) is 0 Å². The number of aryl methyl sites for hydroxylation is 2. The van der Waals surface area contributed by atoms with Crippen molar-refractivity contribution in [2.45, 2.75) is 45.8 Å². The largest absolute Gasteiger partial charge is 0.331 e. The second-order valence-electron chi connectivity index (χ2n) is 9.25. The van der Waals surface area contributed by atoms with Crippen LogP contribution in [0.15, 0.2) is 61.2 Å². The number of hydrogen-bond acceptors (Lipinski definition) is 5. The number of pyridine rings is 2. The van der Waals surface area contributed by atoms with Crippen LogP contribution in [-0.4, -0.2) is 54.9 Å². The second-order valence-corrected chi connectivity index (χ2v) is 9.25. The molecule has 4 heterocycles. The Labute approximate surface area is 205 Å². The molecule has 2 N–H and O–H groups in total. The van der Waals surface area contributed by atoms with Crippen molar-refractivity contribution in [1.29, 1.82) is 0 Å². The van der Waals surface area contributed by atoms with Crippen LogP contribution in [0.5, 0.6) is 0 Å². The lowest BCUT2D eigenvalue weighted by Crippen LogP contribution is -2.47. The molecule has 0 radical (unpaired) electrons. The lowest BCUT2D eigenvalue weighted by molar-refractivity contribution is 0.107. The maximum absolute atomic E-state index is 12.7. The molecule has 180 valence electrons.